The number of nitrogens with one attached hydrogen (secondary N) is 3. The summed E-state index contributed by atoms with van der Waals surface area (Å²) < 4.78 is 5.29. The zero-order valence-corrected chi connectivity index (χ0v) is 20.3. The average molecular weight is 465 g/mol. The number of aryl methyl sites for hydroxylation is 1. The van der Waals surface area contributed by atoms with Gasteiger partial charge in [-0.2, -0.15) is 0 Å². The Morgan fingerprint density at radius 3 is 2.50 bits per heavy atom. The number of carbonyl (C=O) groups excluding carboxylic acids is 3. The number of hydrogen-bond acceptors (Lipinski definition) is 4. The maximum atomic E-state index is 12.8. The lowest BCUT2D eigenvalue weighted by atomic mass is 9.94. The molecule has 3 rings (SSSR count). The van der Waals surface area contributed by atoms with E-state index in [1.165, 1.54) is 0 Å². The van der Waals surface area contributed by atoms with Gasteiger partial charge in [0.15, 0.2) is 0 Å². The third kappa shape index (κ3) is 5.39. The van der Waals surface area contributed by atoms with Gasteiger partial charge in [-0.05, 0) is 69.0 Å². The molecule has 0 spiro atoms. The van der Waals surface area contributed by atoms with Crippen molar-refractivity contribution in [1.82, 2.24) is 10.2 Å². The molecule has 0 saturated heterocycles. The molecular formula is C26H32N4O4. The predicted octanol–water partition coefficient (Wildman–Crippen LogP) is 5.26. The molecule has 0 aromatic heterocycles. The monoisotopic (exact) mass is 464 g/mol. The minimum absolute atomic E-state index is 0.226. The molecule has 2 aromatic carbocycles. The van der Waals surface area contributed by atoms with Crippen LogP contribution in [-0.2, 0) is 9.53 Å². The van der Waals surface area contributed by atoms with E-state index in [9.17, 15) is 14.4 Å². The maximum Gasteiger partial charge on any atom is 0.338 e. The summed E-state index contributed by atoms with van der Waals surface area (Å²) in [5.74, 6) is -0.475. The Kier molecular flexibility index (Phi) is 7.94. The topological polar surface area (TPSA) is 99.8 Å². The van der Waals surface area contributed by atoms with Gasteiger partial charge in [-0.25, -0.2) is 14.4 Å². The van der Waals surface area contributed by atoms with Crippen LogP contribution in [-0.4, -0.2) is 36.1 Å². The van der Waals surface area contributed by atoms with Gasteiger partial charge in [0.05, 0.1) is 18.2 Å². The van der Waals surface area contributed by atoms with Crippen molar-refractivity contribution >= 4 is 29.4 Å². The van der Waals surface area contributed by atoms with Gasteiger partial charge in [-0.15, -0.1) is 0 Å². The Hall–Kier alpha value is -3.81. The molecule has 0 saturated carbocycles. The van der Waals surface area contributed by atoms with Gasteiger partial charge in [0.1, 0.15) is 0 Å². The van der Waals surface area contributed by atoms with Gasteiger partial charge in [-0.3, -0.25) is 4.90 Å². The first-order chi connectivity index (χ1) is 16.3. The molecule has 1 unspecified atom stereocenters. The summed E-state index contributed by atoms with van der Waals surface area (Å²) in [5, 5.41) is 8.62. The molecule has 8 heteroatoms. The molecule has 4 amide bonds. The molecular weight excluding hydrogens is 432 g/mol. The van der Waals surface area contributed by atoms with Crippen LogP contribution in [0.1, 0.15) is 49.9 Å². The molecule has 34 heavy (non-hydrogen) atoms. The molecule has 0 fully saturated rings. The van der Waals surface area contributed by atoms with E-state index in [0.717, 1.165) is 23.2 Å². The summed E-state index contributed by atoms with van der Waals surface area (Å²) in [4.78, 5) is 39.8. The number of allylic oxidation sites excluding steroid dienone is 1. The second-order valence-corrected chi connectivity index (χ2v) is 8.21. The number of carbonyl (C=O) groups is 3. The van der Waals surface area contributed by atoms with E-state index < -0.39 is 12.0 Å². The third-order valence-corrected chi connectivity index (χ3v) is 5.87. The highest BCUT2D eigenvalue weighted by molar-refractivity contribution is 6.00. The molecule has 1 atom stereocenters. The van der Waals surface area contributed by atoms with Crippen LogP contribution in [0.3, 0.4) is 0 Å². The SMILES string of the molecule is CCCN1C(=O)NC(c2cccc(NC(=O)Nc3cccc(C)c3C)c2)C(C(=O)OCC)=C1C. The summed E-state index contributed by atoms with van der Waals surface area (Å²) in [6.45, 7) is 10.1. The van der Waals surface area contributed by atoms with Gasteiger partial charge >= 0.3 is 18.0 Å². The molecule has 0 radical (unpaired) electrons. The van der Waals surface area contributed by atoms with Crippen molar-refractivity contribution in [3.8, 4) is 0 Å². The van der Waals surface area contributed by atoms with Gasteiger partial charge in [0.25, 0.3) is 0 Å². The summed E-state index contributed by atoms with van der Waals surface area (Å²) >= 11 is 0. The van der Waals surface area contributed by atoms with E-state index in [0.29, 0.717) is 29.1 Å². The van der Waals surface area contributed by atoms with Gasteiger partial charge < -0.3 is 20.7 Å². The van der Waals surface area contributed by atoms with Crippen LogP contribution >= 0.6 is 0 Å². The smallest absolute Gasteiger partial charge is 0.338 e. The summed E-state index contributed by atoms with van der Waals surface area (Å²) in [6, 6.07) is 11.4. The number of benzene rings is 2. The van der Waals surface area contributed by atoms with Crippen LogP contribution in [0.15, 0.2) is 53.7 Å². The van der Waals surface area contributed by atoms with Crippen molar-refractivity contribution in [3.63, 3.8) is 0 Å². The zero-order chi connectivity index (χ0) is 24.8. The Balaban J connectivity index is 1.87. The molecule has 1 aliphatic heterocycles. The fourth-order valence-electron chi connectivity index (χ4n) is 3.96. The Morgan fingerprint density at radius 2 is 1.79 bits per heavy atom. The number of nitrogens with zero attached hydrogens (tertiary/aromatic N) is 1. The van der Waals surface area contributed by atoms with E-state index in [1.54, 1.807) is 43.0 Å². The van der Waals surface area contributed by atoms with Crippen LogP contribution in [0.2, 0.25) is 0 Å². The number of anilines is 2. The summed E-state index contributed by atoms with van der Waals surface area (Å²) in [5.41, 5.74) is 4.95. The first kappa shape index (κ1) is 24.8. The lowest BCUT2D eigenvalue weighted by Crippen LogP contribution is -2.48. The number of esters is 1. The Labute approximate surface area is 200 Å². The van der Waals surface area contributed by atoms with Crippen molar-refractivity contribution in [1.29, 1.82) is 0 Å². The molecule has 1 heterocycles. The largest absolute Gasteiger partial charge is 0.463 e. The quantitative estimate of drug-likeness (QED) is 0.487. The van der Waals surface area contributed by atoms with E-state index in [-0.39, 0.29) is 18.7 Å². The fourth-order valence-corrected chi connectivity index (χ4v) is 3.96. The zero-order valence-electron chi connectivity index (χ0n) is 20.3. The average Bonchev–Trinajstić information content (AvgIpc) is 2.79. The van der Waals surface area contributed by atoms with E-state index >= 15 is 0 Å². The summed E-state index contributed by atoms with van der Waals surface area (Å²) in [7, 11) is 0. The first-order valence-electron chi connectivity index (χ1n) is 11.5. The van der Waals surface area contributed by atoms with Crippen molar-refractivity contribution in [2.24, 2.45) is 0 Å². The van der Waals surface area contributed by atoms with E-state index in [1.807, 2.05) is 39.0 Å². The normalized spacial score (nSPS) is 15.6. The van der Waals surface area contributed by atoms with Crippen molar-refractivity contribution in [3.05, 3.63) is 70.4 Å². The van der Waals surface area contributed by atoms with E-state index in [4.69, 9.17) is 4.74 Å². The molecule has 8 nitrogen and oxygen atoms in total. The molecule has 0 bridgehead atoms. The highest BCUT2D eigenvalue weighted by Gasteiger charge is 2.36. The number of hydrogen-bond donors (Lipinski definition) is 3. The maximum absolute atomic E-state index is 12.8. The minimum atomic E-state index is -0.691. The highest BCUT2D eigenvalue weighted by atomic mass is 16.5. The standard InChI is InChI=1S/C26H32N4O4/c1-6-14-30-18(5)22(24(31)34-7-2)23(29-26(30)33)19-11-9-12-20(15-19)27-25(32)28-21-13-8-10-16(3)17(21)4/h8-13,15,23H,6-7,14H2,1-5H3,(H,29,33)(H2,27,28,32). The molecule has 1 aliphatic rings. The predicted molar refractivity (Wildman–Crippen MR) is 133 cm³/mol. The van der Waals surface area contributed by atoms with Crippen molar-refractivity contribution < 1.29 is 19.1 Å². The number of urea groups is 2. The van der Waals surface area contributed by atoms with E-state index in [2.05, 4.69) is 16.0 Å². The molecule has 2 aromatic rings. The van der Waals surface area contributed by atoms with Crippen LogP contribution < -0.4 is 16.0 Å². The van der Waals surface area contributed by atoms with Crippen LogP contribution in [0.5, 0.6) is 0 Å². The Bertz CT molecular complexity index is 1130. The highest BCUT2D eigenvalue weighted by Crippen LogP contribution is 2.32. The fraction of sp³-hybridized carbons (Fsp3) is 0.346. The minimum Gasteiger partial charge on any atom is -0.463 e. The second-order valence-electron chi connectivity index (χ2n) is 8.21. The van der Waals surface area contributed by atoms with Crippen molar-refractivity contribution in [2.75, 3.05) is 23.8 Å². The van der Waals surface area contributed by atoms with Crippen molar-refractivity contribution in [2.45, 2.75) is 47.1 Å². The summed E-state index contributed by atoms with van der Waals surface area (Å²) in [6.07, 6.45) is 0.750. The number of amides is 4. The molecule has 0 aliphatic carbocycles. The van der Waals surface area contributed by atoms with Gasteiger partial charge in [0, 0.05) is 23.6 Å². The lowest BCUT2D eigenvalue weighted by molar-refractivity contribution is -0.139. The number of rotatable bonds is 7. The van der Waals surface area contributed by atoms with Gasteiger partial charge in [0.2, 0.25) is 0 Å². The second kappa shape index (κ2) is 10.9. The number of ether oxygens (including phenoxy) is 1. The Morgan fingerprint density at radius 1 is 1.06 bits per heavy atom. The van der Waals surface area contributed by atoms with Crippen LogP contribution in [0.4, 0.5) is 21.0 Å². The van der Waals surface area contributed by atoms with Crippen LogP contribution in [0.25, 0.3) is 0 Å². The third-order valence-electron chi connectivity index (χ3n) is 5.87. The molecule has 180 valence electrons. The first-order valence-corrected chi connectivity index (χ1v) is 11.5. The molecule has 3 N–H and O–H groups in total. The lowest BCUT2D eigenvalue weighted by Gasteiger charge is -2.35. The van der Waals surface area contributed by atoms with Gasteiger partial charge in [-0.1, -0.05) is 31.2 Å². The van der Waals surface area contributed by atoms with Crippen LogP contribution in [0, 0.1) is 13.8 Å².